The Morgan fingerprint density at radius 1 is 1.24 bits per heavy atom. The van der Waals surface area contributed by atoms with Crippen molar-refractivity contribution < 1.29 is 13.9 Å². The molecule has 1 aromatic heterocycles. The van der Waals surface area contributed by atoms with Crippen LogP contribution in [0.2, 0.25) is 0 Å². The summed E-state index contributed by atoms with van der Waals surface area (Å²) in [6.45, 7) is 1.77. The van der Waals surface area contributed by atoms with E-state index in [0.29, 0.717) is 27.6 Å². The molecular formula is C18H13N3O4. The summed E-state index contributed by atoms with van der Waals surface area (Å²) in [7, 11) is 0. The number of nitrogens with one attached hydrogen (secondary N) is 1. The van der Waals surface area contributed by atoms with E-state index >= 15 is 0 Å². The van der Waals surface area contributed by atoms with Gasteiger partial charge in [0.2, 0.25) is 11.1 Å². The number of para-hydroxylation sites is 1. The summed E-state index contributed by atoms with van der Waals surface area (Å²) in [5.41, 5.74) is 3.38. The number of ether oxygens (including phenoxy) is 1. The van der Waals surface area contributed by atoms with Crippen LogP contribution in [-0.2, 0) is 9.53 Å². The molecule has 0 saturated heterocycles. The highest BCUT2D eigenvalue weighted by atomic mass is 16.5. The van der Waals surface area contributed by atoms with E-state index < -0.39 is 11.7 Å². The Morgan fingerprint density at radius 3 is 2.76 bits per heavy atom. The molecule has 0 atom stereocenters. The number of carbonyl (C=O) groups is 1. The van der Waals surface area contributed by atoms with Crippen LogP contribution >= 0.6 is 0 Å². The summed E-state index contributed by atoms with van der Waals surface area (Å²) in [6, 6.07) is 13.4. The molecule has 0 aliphatic heterocycles. The number of esters is 1. The van der Waals surface area contributed by atoms with Gasteiger partial charge in [0.05, 0.1) is 23.1 Å². The minimum absolute atomic E-state index is 0.142. The topological polar surface area (TPSA) is 105 Å². The number of hydrogen-bond acceptors (Lipinski definition) is 7. The maximum absolute atomic E-state index is 12.6. The van der Waals surface area contributed by atoms with Crippen molar-refractivity contribution >= 4 is 39.3 Å². The van der Waals surface area contributed by atoms with E-state index in [1.54, 1.807) is 55.5 Å². The van der Waals surface area contributed by atoms with Crippen molar-refractivity contribution in [1.82, 2.24) is 0 Å². The van der Waals surface area contributed by atoms with Crippen LogP contribution in [-0.4, -0.2) is 18.3 Å². The molecule has 0 aliphatic rings. The van der Waals surface area contributed by atoms with Gasteiger partial charge < -0.3 is 9.15 Å². The first-order valence-corrected chi connectivity index (χ1v) is 7.50. The molecule has 7 heteroatoms. The number of nitrogens with zero attached hydrogens (tertiary/aromatic N) is 2. The van der Waals surface area contributed by atoms with Gasteiger partial charge >= 0.3 is 5.97 Å². The van der Waals surface area contributed by atoms with Gasteiger partial charge in [-0.15, -0.1) is 0 Å². The van der Waals surface area contributed by atoms with Crippen LogP contribution in [0.4, 0.5) is 5.69 Å². The third-order valence-corrected chi connectivity index (χ3v) is 3.45. The lowest BCUT2D eigenvalue weighted by Crippen LogP contribution is -2.17. The van der Waals surface area contributed by atoms with Gasteiger partial charge in [-0.1, -0.05) is 12.1 Å². The molecule has 0 fully saturated rings. The van der Waals surface area contributed by atoms with Gasteiger partial charge in [0.15, 0.2) is 0 Å². The number of nitriles is 1. The zero-order chi connectivity index (χ0) is 17.8. The summed E-state index contributed by atoms with van der Waals surface area (Å²) in [4.78, 5) is 24.1. The van der Waals surface area contributed by atoms with Crippen molar-refractivity contribution in [2.24, 2.45) is 5.10 Å². The molecule has 0 bridgehead atoms. The number of carbonyl (C=O) groups excluding carboxylic acids is 1. The van der Waals surface area contributed by atoms with Gasteiger partial charge in [-0.3, -0.25) is 10.2 Å². The van der Waals surface area contributed by atoms with E-state index in [9.17, 15) is 9.59 Å². The summed E-state index contributed by atoms with van der Waals surface area (Å²) >= 11 is 0. The molecule has 0 amide bonds. The highest BCUT2D eigenvalue weighted by molar-refractivity contribution is 6.43. The number of fused-ring (bicyclic) bond motifs is 2. The average molecular weight is 335 g/mol. The molecule has 0 radical (unpaired) electrons. The Balaban J connectivity index is 2.00. The fourth-order valence-corrected chi connectivity index (χ4v) is 2.31. The fraction of sp³-hybridized carbons (Fsp3) is 0.111. The van der Waals surface area contributed by atoms with Crippen molar-refractivity contribution in [1.29, 1.82) is 5.26 Å². The van der Waals surface area contributed by atoms with E-state index in [2.05, 4.69) is 10.5 Å². The zero-order valence-electron chi connectivity index (χ0n) is 13.3. The first-order chi connectivity index (χ1) is 12.1. The molecule has 0 unspecified atom stereocenters. The first-order valence-electron chi connectivity index (χ1n) is 7.50. The molecule has 1 heterocycles. The van der Waals surface area contributed by atoms with Crippen LogP contribution in [0.3, 0.4) is 0 Å². The Kier molecular flexibility index (Phi) is 4.44. The molecule has 3 aromatic rings. The predicted octanol–water partition coefficient (Wildman–Crippen LogP) is 2.80. The zero-order valence-corrected chi connectivity index (χ0v) is 13.3. The predicted molar refractivity (Wildman–Crippen MR) is 93.3 cm³/mol. The second kappa shape index (κ2) is 6.84. The molecule has 0 saturated carbocycles. The lowest BCUT2D eigenvalue weighted by molar-refractivity contribution is -0.134. The summed E-state index contributed by atoms with van der Waals surface area (Å²) in [6.07, 6.45) is 0. The smallest absolute Gasteiger partial charge is 0.369 e. The van der Waals surface area contributed by atoms with Crippen molar-refractivity contribution in [2.75, 3.05) is 12.0 Å². The standard InChI is InChI=1S/C18H13N3O4/c1-2-24-18(23)14(10-19)21-20-11-7-8-16-13(9-11)17(22)12-5-3-4-6-15(12)25-16/h3-9,20H,2H2,1H3. The summed E-state index contributed by atoms with van der Waals surface area (Å²) in [5, 5.41) is 13.5. The summed E-state index contributed by atoms with van der Waals surface area (Å²) in [5.74, 6) is -0.816. The van der Waals surface area contributed by atoms with Gasteiger partial charge in [-0.25, -0.2) is 4.79 Å². The van der Waals surface area contributed by atoms with Crippen molar-refractivity contribution in [3.63, 3.8) is 0 Å². The van der Waals surface area contributed by atoms with Crippen molar-refractivity contribution in [2.45, 2.75) is 6.92 Å². The summed E-state index contributed by atoms with van der Waals surface area (Å²) < 4.78 is 10.4. The SMILES string of the molecule is CCOC(=O)C(C#N)=NNc1ccc2oc3ccccc3c(=O)c2c1. The molecule has 25 heavy (non-hydrogen) atoms. The number of hydrogen-bond donors (Lipinski definition) is 1. The second-order valence-corrected chi connectivity index (χ2v) is 5.04. The van der Waals surface area contributed by atoms with Crippen molar-refractivity contribution in [3.05, 3.63) is 52.7 Å². The molecule has 3 rings (SSSR count). The highest BCUT2D eigenvalue weighted by Crippen LogP contribution is 2.21. The first kappa shape index (κ1) is 16.2. The maximum Gasteiger partial charge on any atom is 0.369 e. The number of anilines is 1. The minimum Gasteiger partial charge on any atom is -0.461 e. The van der Waals surface area contributed by atoms with E-state index in [-0.39, 0.29) is 12.0 Å². The van der Waals surface area contributed by atoms with Gasteiger partial charge in [0.1, 0.15) is 17.2 Å². The highest BCUT2D eigenvalue weighted by Gasteiger charge is 2.12. The monoisotopic (exact) mass is 335 g/mol. The number of benzene rings is 2. The average Bonchev–Trinajstić information content (AvgIpc) is 2.63. The fourth-order valence-electron chi connectivity index (χ4n) is 2.31. The Bertz CT molecular complexity index is 1090. The number of rotatable bonds is 4. The molecule has 0 spiro atoms. The normalized spacial score (nSPS) is 11.3. The third-order valence-electron chi connectivity index (χ3n) is 3.45. The van der Waals surface area contributed by atoms with Gasteiger partial charge in [0.25, 0.3) is 0 Å². The Labute approximate surface area is 142 Å². The van der Waals surface area contributed by atoms with Crippen LogP contribution in [0, 0.1) is 11.3 Å². The molecule has 124 valence electrons. The van der Waals surface area contributed by atoms with Crippen LogP contribution in [0.1, 0.15) is 6.92 Å². The van der Waals surface area contributed by atoms with Gasteiger partial charge in [-0.05, 0) is 37.3 Å². The van der Waals surface area contributed by atoms with Crippen LogP contribution < -0.4 is 10.9 Å². The van der Waals surface area contributed by atoms with E-state index in [4.69, 9.17) is 14.4 Å². The molecular weight excluding hydrogens is 322 g/mol. The van der Waals surface area contributed by atoms with Crippen LogP contribution in [0.15, 0.2) is 56.8 Å². The van der Waals surface area contributed by atoms with E-state index in [1.165, 1.54) is 0 Å². The Morgan fingerprint density at radius 2 is 2.00 bits per heavy atom. The second-order valence-electron chi connectivity index (χ2n) is 5.04. The molecule has 1 N–H and O–H groups in total. The molecule has 0 aliphatic carbocycles. The molecule has 2 aromatic carbocycles. The largest absolute Gasteiger partial charge is 0.461 e. The van der Waals surface area contributed by atoms with Crippen LogP contribution in [0.25, 0.3) is 21.9 Å². The Hall–Kier alpha value is -3.66. The lowest BCUT2D eigenvalue weighted by atomic mass is 10.1. The quantitative estimate of drug-likeness (QED) is 0.340. The molecule has 7 nitrogen and oxygen atoms in total. The van der Waals surface area contributed by atoms with Crippen molar-refractivity contribution in [3.8, 4) is 6.07 Å². The lowest BCUT2D eigenvalue weighted by Gasteiger charge is -2.05. The van der Waals surface area contributed by atoms with Gasteiger partial charge in [-0.2, -0.15) is 10.4 Å². The van der Waals surface area contributed by atoms with E-state index in [0.717, 1.165) is 0 Å². The minimum atomic E-state index is -0.816. The number of hydrazone groups is 1. The maximum atomic E-state index is 12.6. The van der Waals surface area contributed by atoms with Gasteiger partial charge in [0, 0.05) is 0 Å². The van der Waals surface area contributed by atoms with E-state index in [1.807, 2.05) is 0 Å². The van der Waals surface area contributed by atoms with Crippen LogP contribution in [0.5, 0.6) is 0 Å². The third kappa shape index (κ3) is 3.19.